The molecule has 0 nitrogen and oxygen atoms in total. The highest BCUT2D eigenvalue weighted by molar-refractivity contribution is 5.50. The molecule has 194 valence electrons. The van der Waals surface area contributed by atoms with Crippen LogP contribution >= 0.6 is 0 Å². The average molecular weight is 475 g/mol. The second kappa shape index (κ2) is 16.1. The summed E-state index contributed by atoms with van der Waals surface area (Å²) in [5.74, 6) is 1.83. The van der Waals surface area contributed by atoms with Gasteiger partial charge in [0.15, 0.2) is 0 Å². The van der Waals surface area contributed by atoms with E-state index < -0.39 is 11.7 Å². The van der Waals surface area contributed by atoms with E-state index in [9.17, 15) is 8.78 Å². The molecular formula is C32H52F2. The van der Waals surface area contributed by atoms with Crippen LogP contribution in [0.5, 0.6) is 0 Å². The molecule has 0 amide bonds. The Hall–Kier alpha value is -1.70. The van der Waals surface area contributed by atoms with Crippen molar-refractivity contribution in [3.05, 3.63) is 72.4 Å². The van der Waals surface area contributed by atoms with Crippen molar-refractivity contribution in [1.82, 2.24) is 0 Å². The summed E-state index contributed by atoms with van der Waals surface area (Å²) in [6.45, 7) is 33.1. The molecule has 0 saturated heterocycles. The van der Waals surface area contributed by atoms with Crippen LogP contribution in [0.3, 0.4) is 0 Å². The van der Waals surface area contributed by atoms with Crippen LogP contribution in [0.1, 0.15) is 93.9 Å². The van der Waals surface area contributed by atoms with Crippen molar-refractivity contribution in [2.24, 2.45) is 35.5 Å². The Labute approximate surface area is 210 Å². The zero-order chi connectivity index (χ0) is 26.6. The Bertz CT molecular complexity index is 747. The van der Waals surface area contributed by atoms with E-state index in [1.807, 2.05) is 6.92 Å². The van der Waals surface area contributed by atoms with Crippen LogP contribution in [0.2, 0.25) is 0 Å². The summed E-state index contributed by atoms with van der Waals surface area (Å²) >= 11 is 0. The van der Waals surface area contributed by atoms with Gasteiger partial charge >= 0.3 is 0 Å². The molecule has 4 unspecified atom stereocenters. The lowest BCUT2D eigenvalue weighted by molar-refractivity contribution is 0.306. The Kier molecular flexibility index (Phi) is 15.3. The van der Waals surface area contributed by atoms with Crippen LogP contribution in [0, 0.1) is 35.5 Å². The van der Waals surface area contributed by atoms with Gasteiger partial charge in [-0.2, -0.15) is 0 Å². The average Bonchev–Trinajstić information content (AvgIpc) is 2.77. The first-order valence-electron chi connectivity index (χ1n) is 13.2. The highest BCUT2D eigenvalue weighted by Crippen LogP contribution is 2.30. The molecule has 0 spiro atoms. The molecule has 0 N–H and O–H groups in total. The van der Waals surface area contributed by atoms with Gasteiger partial charge in [-0.15, -0.1) is 0 Å². The zero-order valence-electron chi connectivity index (χ0n) is 23.4. The second-order valence-corrected chi connectivity index (χ2v) is 11.4. The second-order valence-electron chi connectivity index (χ2n) is 11.4. The molecule has 0 aliphatic heterocycles. The quantitative estimate of drug-likeness (QED) is 0.184. The van der Waals surface area contributed by atoms with Crippen molar-refractivity contribution in [1.29, 1.82) is 0 Å². The maximum Gasteiger partial charge on any atom is 0.130 e. The van der Waals surface area contributed by atoms with E-state index in [0.29, 0.717) is 23.3 Å². The van der Waals surface area contributed by atoms with E-state index >= 15 is 0 Å². The Balaban J connectivity index is 4.91. The largest absolute Gasteiger partial charge is 0.207 e. The molecule has 34 heavy (non-hydrogen) atoms. The third-order valence-electron chi connectivity index (χ3n) is 7.23. The van der Waals surface area contributed by atoms with Gasteiger partial charge in [0.1, 0.15) is 11.7 Å². The summed E-state index contributed by atoms with van der Waals surface area (Å²) in [4.78, 5) is 0. The third-order valence-corrected chi connectivity index (χ3v) is 7.23. The van der Waals surface area contributed by atoms with Crippen molar-refractivity contribution in [2.45, 2.75) is 93.9 Å². The van der Waals surface area contributed by atoms with Crippen molar-refractivity contribution in [2.75, 3.05) is 0 Å². The predicted molar refractivity (Wildman–Crippen MR) is 149 cm³/mol. The first-order chi connectivity index (χ1) is 15.7. The molecule has 0 saturated carbocycles. The monoisotopic (exact) mass is 474 g/mol. The molecule has 0 bridgehead atoms. The minimum atomic E-state index is -0.511. The molecule has 0 radical (unpaired) electrons. The summed E-state index contributed by atoms with van der Waals surface area (Å²) < 4.78 is 29.5. The number of allylic oxidation sites excluding steroid dienone is 8. The minimum Gasteiger partial charge on any atom is -0.207 e. The van der Waals surface area contributed by atoms with Gasteiger partial charge in [0, 0.05) is 5.57 Å². The normalized spacial score (nSPS) is 16.4. The van der Waals surface area contributed by atoms with Gasteiger partial charge in [-0.05, 0) is 83.6 Å². The fraction of sp³-hybridized carbons (Fsp3) is 0.625. The minimum absolute atomic E-state index is 0.0243. The van der Waals surface area contributed by atoms with Crippen molar-refractivity contribution >= 4 is 0 Å². The van der Waals surface area contributed by atoms with E-state index in [1.54, 1.807) is 0 Å². The van der Waals surface area contributed by atoms with Crippen LogP contribution < -0.4 is 0 Å². The zero-order valence-corrected chi connectivity index (χ0v) is 23.4. The van der Waals surface area contributed by atoms with E-state index in [-0.39, 0.29) is 23.0 Å². The molecule has 0 rings (SSSR count). The molecule has 0 aliphatic rings. The number of hydrogen-bond acceptors (Lipinski definition) is 0. The number of hydrogen-bond donors (Lipinski definition) is 0. The SMILES string of the molecule is C=C(/C=C(/F)C(=C)C(C)CCC(C)C)C(=C)/C(F)=C\C(=C)C(C)CCC(C)C(C)CCC(C)C. The molecule has 4 atom stereocenters. The summed E-state index contributed by atoms with van der Waals surface area (Å²) in [6.07, 6.45) is 9.11. The number of rotatable bonds is 17. The Morgan fingerprint density at radius 2 is 1.03 bits per heavy atom. The predicted octanol–water partition coefficient (Wildman–Crippen LogP) is 11.1. The highest BCUT2D eigenvalue weighted by Gasteiger charge is 2.17. The van der Waals surface area contributed by atoms with Gasteiger partial charge in [-0.3, -0.25) is 0 Å². The molecule has 0 aliphatic carbocycles. The van der Waals surface area contributed by atoms with Crippen molar-refractivity contribution < 1.29 is 8.78 Å². The van der Waals surface area contributed by atoms with Gasteiger partial charge in [0.2, 0.25) is 0 Å². The molecule has 0 aromatic heterocycles. The fourth-order valence-corrected chi connectivity index (χ4v) is 3.73. The summed E-state index contributed by atoms with van der Waals surface area (Å²) in [5, 5.41) is 0. The first-order valence-corrected chi connectivity index (χ1v) is 13.2. The van der Waals surface area contributed by atoms with Crippen LogP contribution in [-0.2, 0) is 0 Å². The highest BCUT2D eigenvalue weighted by atomic mass is 19.1. The van der Waals surface area contributed by atoms with E-state index in [0.717, 1.165) is 37.2 Å². The summed E-state index contributed by atoms with van der Waals surface area (Å²) in [5.41, 5.74) is 1.46. The molecule has 0 heterocycles. The van der Waals surface area contributed by atoms with E-state index in [1.165, 1.54) is 25.0 Å². The summed E-state index contributed by atoms with van der Waals surface area (Å²) in [7, 11) is 0. The van der Waals surface area contributed by atoms with Crippen LogP contribution in [0.25, 0.3) is 0 Å². The maximum atomic E-state index is 14.8. The van der Waals surface area contributed by atoms with Gasteiger partial charge in [0.05, 0.1) is 0 Å². The molecular weight excluding hydrogens is 422 g/mol. The molecule has 0 aromatic carbocycles. The lowest BCUT2D eigenvalue weighted by Crippen LogP contribution is -2.11. The van der Waals surface area contributed by atoms with Gasteiger partial charge in [-0.25, -0.2) is 8.78 Å². The fourth-order valence-electron chi connectivity index (χ4n) is 3.73. The maximum absolute atomic E-state index is 14.8. The lowest BCUT2D eigenvalue weighted by Gasteiger charge is -2.22. The first kappa shape index (κ1) is 32.3. The molecule has 0 fully saturated rings. The lowest BCUT2D eigenvalue weighted by atomic mass is 9.83. The third kappa shape index (κ3) is 12.7. The van der Waals surface area contributed by atoms with Crippen LogP contribution in [0.15, 0.2) is 72.4 Å². The van der Waals surface area contributed by atoms with Gasteiger partial charge in [-0.1, -0.05) is 101 Å². The summed E-state index contributed by atoms with van der Waals surface area (Å²) in [6, 6.07) is 0. The van der Waals surface area contributed by atoms with E-state index in [2.05, 4.69) is 74.8 Å². The Morgan fingerprint density at radius 3 is 1.53 bits per heavy atom. The van der Waals surface area contributed by atoms with Crippen molar-refractivity contribution in [3.63, 3.8) is 0 Å². The van der Waals surface area contributed by atoms with E-state index in [4.69, 9.17) is 0 Å². The van der Waals surface area contributed by atoms with Gasteiger partial charge in [0.25, 0.3) is 0 Å². The topological polar surface area (TPSA) is 0 Å². The Morgan fingerprint density at radius 1 is 0.588 bits per heavy atom. The van der Waals surface area contributed by atoms with Crippen LogP contribution in [-0.4, -0.2) is 0 Å². The molecule has 0 aromatic rings. The molecule has 2 heteroatoms. The smallest absolute Gasteiger partial charge is 0.130 e. The standard InChI is InChI=1S/C32H52F2/c1-21(2)13-15-23(5)24(6)17-18-25(7)27(9)19-31(33)30(12)28(10)20-32(34)29(11)26(8)16-14-22(3)4/h19-26H,9-18H2,1-8H3/b31-19+,32-20+. The van der Waals surface area contributed by atoms with Crippen molar-refractivity contribution in [3.8, 4) is 0 Å². The number of halogens is 2. The van der Waals surface area contributed by atoms with Crippen LogP contribution in [0.4, 0.5) is 8.78 Å². The van der Waals surface area contributed by atoms with Gasteiger partial charge < -0.3 is 0 Å².